The van der Waals surface area contributed by atoms with Gasteiger partial charge in [0.1, 0.15) is 5.65 Å². The molecule has 0 bridgehead atoms. The third-order valence-electron chi connectivity index (χ3n) is 13.3. The Kier molecular flexibility index (Phi) is 8.57. The van der Waals surface area contributed by atoms with E-state index >= 15 is 0 Å². The molecule has 0 spiro atoms. The van der Waals surface area contributed by atoms with E-state index in [1.54, 1.807) is 0 Å². The number of para-hydroxylation sites is 3. The smallest absolute Gasteiger partial charge is 0.146 e. The second-order valence-corrected chi connectivity index (χ2v) is 17.1. The van der Waals surface area contributed by atoms with Gasteiger partial charge in [-0.3, -0.25) is 4.40 Å². The van der Waals surface area contributed by atoms with Crippen LogP contribution in [0.4, 0.5) is 0 Å². The van der Waals surface area contributed by atoms with Crippen molar-refractivity contribution in [2.45, 2.75) is 0 Å². The van der Waals surface area contributed by atoms with E-state index in [9.17, 15) is 0 Å². The lowest BCUT2D eigenvalue weighted by atomic mass is 9.84. The van der Waals surface area contributed by atoms with Gasteiger partial charge in [0.15, 0.2) is 0 Å². The average Bonchev–Trinajstić information content (AvgIpc) is 3.77. The number of imidazole rings is 1. The molecule has 0 radical (unpaired) electrons. The highest BCUT2D eigenvalue weighted by atomic mass is 15.0. The number of pyridine rings is 1. The maximum Gasteiger partial charge on any atom is 0.146 e. The van der Waals surface area contributed by atoms with Gasteiger partial charge in [-0.25, -0.2) is 4.98 Å². The van der Waals surface area contributed by atoms with Crippen molar-refractivity contribution in [2.24, 2.45) is 0 Å². The maximum atomic E-state index is 5.12. The molecule has 0 saturated heterocycles. The molecule has 0 N–H and O–H groups in total. The second kappa shape index (κ2) is 15.0. The molecule has 0 fully saturated rings. The zero-order valence-electron chi connectivity index (χ0n) is 35.5. The first-order valence-corrected chi connectivity index (χ1v) is 22.4. The lowest BCUT2D eigenvalue weighted by Gasteiger charge is -2.19. The topological polar surface area (TPSA) is 17.3 Å². The molecule has 13 aromatic rings. The molecule has 13 rings (SSSR count). The van der Waals surface area contributed by atoms with Crippen LogP contribution in [0.15, 0.2) is 243 Å². The zero-order chi connectivity index (χ0) is 42.8. The SMILES string of the molecule is c1ccccc(-c2c3ccccc3c(-c3ccc4ccccc4c3)c3ccc(-c4ccc5cc(-c6ccc7c(c6)c6ccccc6n6c8ccccc8nc76)ccc5c4)cc23)cccc1. The van der Waals surface area contributed by atoms with E-state index in [-0.39, 0.29) is 0 Å². The Morgan fingerprint density at radius 3 is 1.42 bits per heavy atom. The van der Waals surface area contributed by atoms with Gasteiger partial charge in [-0.05, 0) is 148 Å². The van der Waals surface area contributed by atoms with Crippen molar-refractivity contribution in [1.82, 2.24) is 9.38 Å². The lowest BCUT2D eigenvalue weighted by molar-refractivity contribution is 1.31. The summed E-state index contributed by atoms with van der Waals surface area (Å²) < 4.78 is 2.31. The Balaban J connectivity index is 0.966. The van der Waals surface area contributed by atoms with E-state index in [1.165, 1.54) is 104 Å². The molecule has 2 aromatic heterocycles. The molecule has 2 heterocycles. The predicted octanol–water partition coefficient (Wildman–Crippen LogP) is 17.2. The van der Waals surface area contributed by atoms with Crippen molar-refractivity contribution in [3.8, 4) is 44.5 Å². The van der Waals surface area contributed by atoms with Gasteiger partial charge in [-0.1, -0.05) is 188 Å². The Hall–Kier alpha value is -8.59. The van der Waals surface area contributed by atoms with Crippen molar-refractivity contribution >= 4 is 81.4 Å². The molecule has 302 valence electrons. The van der Waals surface area contributed by atoms with Gasteiger partial charge in [0.2, 0.25) is 0 Å². The summed E-state index contributed by atoms with van der Waals surface area (Å²) in [5.74, 6) is 0. The van der Waals surface area contributed by atoms with Crippen LogP contribution in [0.2, 0.25) is 0 Å². The minimum absolute atomic E-state index is 0.992. The van der Waals surface area contributed by atoms with Crippen LogP contribution >= 0.6 is 0 Å². The fourth-order valence-electron chi connectivity index (χ4n) is 10.3. The number of aromatic nitrogens is 2. The van der Waals surface area contributed by atoms with Crippen LogP contribution in [0.25, 0.3) is 126 Å². The van der Waals surface area contributed by atoms with E-state index in [0.29, 0.717) is 0 Å². The minimum atomic E-state index is 0.992. The number of rotatable bonds is 4. The minimum Gasteiger partial charge on any atom is -0.292 e. The molecule has 0 amide bonds. The van der Waals surface area contributed by atoms with Crippen LogP contribution in [0, 0.1) is 0 Å². The summed E-state index contributed by atoms with van der Waals surface area (Å²) in [6.45, 7) is 0. The number of hydrogen-bond donors (Lipinski definition) is 0. The molecular formula is C63H40N2. The molecule has 0 saturated carbocycles. The fraction of sp³-hybridized carbons (Fsp3) is 0. The van der Waals surface area contributed by atoms with Crippen molar-refractivity contribution in [2.75, 3.05) is 0 Å². The molecule has 0 unspecified atom stereocenters. The van der Waals surface area contributed by atoms with Gasteiger partial charge in [0.05, 0.1) is 16.6 Å². The van der Waals surface area contributed by atoms with Crippen LogP contribution in [0.1, 0.15) is 0 Å². The van der Waals surface area contributed by atoms with E-state index in [1.807, 2.05) is 0 Å². The molecule has 0 aliphatic heterocycles. The van der Waals surface area contributed by atoms with Crippen molar-refractivity contribution in [3.63, 3.8) is 0 Å². The molecular weight excluding hydrogens is 785 g/mol. The summed E-state index contributed by atoms with van der Waals surface area (Å²) in [6, 6.07) is 88.5. The van der Waals surface area contributed by atoms with E-state index in [2.05, 4.69) is 247 Å². The molecule has 11 aromatic carbocycles. The van der Waals surface area contributed by atoms with Crippen molar-refractivity contribution in [3.05, 3.63) is 243 Å². The van der Waals surface area contributed by atoms with E-state index < -0.39 is 0 Å². The molecule has 0 aliphatic rings. The van der Waals surface area contributed by atoms with Crippen LogP contribution in [0.3, 0.4) is 0 Å². The van der Waals surface area contributed by atoms with E-state index in [4.69, 9.17) is 4.98 Å². The third kappa shape index (κ3) is 6.14. The van der Waals surface area contributed by atoms with E-state index in [0.717, 1.165) is 22.1 Å². The largest absolute Gasteiger partial charge is 0.292 e. The predicted molar refractivity (Wildman–Crippen MR) is 277 cm³/mol. The summed E-state index contributed by atoms with van der Waals surface area (Å²) in [7, 11) is 0. The average molecular weight is 825 g/mol. The molecule has 2 heteroatoms. The standard InChI is InChI=1S/C63H40N2/c1-2-4-6-17-42(18-7-5-3-1)61-52-21-10-11-22-53(52)62(50-31-26-41-16-8-9-19-43(41)38-50)54-34-32-49(40-57(54)61)47-30-28-44-36-46(29-27-45(44)37-47)48-33-35-55-56(39-48)51-20-12-14-24-59(51)65-60-25-15-13-23-58(60)64-63(55)65/h1-40H. The van der Waals surface area contributed by atoms with Gasteiger partial charge in [-0.2, -0.15) is 0 Å². The van der Waals surface area contributed by atoms with Gasteiger partial charge in [-0.15, -0.1) is 0 Å². The summed E-state index contributed by atoms with van der Waals surface area (Å²) in [5, 5.41) is 13.4. The lowest BCUT2D eigenvalue weighted by Crippen LogP contribution is -1.92. The molecule has 65 heavy (non-hydrogen) atoms. The highest BCUT2D eigenvalue weighted by Crippen LogP contribution is 2.45. The maximum absolute atomic E-state index is 5.12. The Morgan fingerprint density at radius 1 is 0.246 bits per heavy atom. The second-order valence-electron chi connectivity index (χ2n) is 17.1. The number of nitrogens with zero attached hydrogens (tertiary/aromatic N) is 2. The van der Waals surface area contributed by atoms with Gasteiger partial charge >= 0.3 is 0 Å². The summed E-state index contributed by atoms with van der Waals surface area (Å²) in [5.41, 5.74) is 13.9. The first kappa shape index (κ1) is 37.0. The Labute approximate surface area is 376 Å². The van der Waals surface area contributed by atoms with Crippen LogP contribution < -0.4 is 0 Å². The highest BCUT2D eigenvalue weighted by Gasteiger charge is 2.19. The fourth-order valence-corrected chi connectivity index (χ4v) is 10.3. The first-order valence-electron chi connectivity index (χ1n) is 22.4. The van der Waals surface area contributed by atoms with Gasteiger partial charge in [0.25, 0.3) is 0 Å². The first-order chi connectivity index (χ1) is 32.2. The van der Waals surface area contributed by atoms with Crippen LogP contribution in [-0.4, -0.2) is 9.38 Å². The number of fused-ring (bicyclic) bond motifs is 12. The summed E-state index contributed by atoms with van der Waals surface area (Å²) in [4.78, 5) is 5.12. The monoisotopic (exact) mass is 824 g/mol. The highest BCUT2D eigenvalue weighted by molar-refractivity contribution is 6.22. The summed E-state index contributed by atoms with van der Waals surface area (Å²) in [6.07, 6.45) is 0. The molecule has 2 nitrogen and oxygen atoms in total. The number of benzene rings is 10. The molecule has 0 atom stereocenters. The van der Waals surface area contributed by atoms with Crippen molar-refractivity contribution in [1.29, 1.82) is 0 Å². The normalized spacial score (nSPS) is 11.7. The summed E-state index contributed by atoms with van der Waals surface area (Å²) >= 11 is 0. The van der Waals surface area contributed by atoms with Crippen LogP contribution in [-0.2, 0) is 0 Å². The van der Waals surface area contributed by atoms with Crippen molar-refractivity contribution < 1.29 is 0 Å². The van der Waals surface area contributed by atoms with Gasteiger partial charge < -0.3 is 0 Å². The Bertz CT molecular complexity index is 4110. The van der Waals surface area contributed by atoms with Crippen LogP contribution in [0.5, 0.6) is 0 Å². The van der Waals surface area contributed by atoms with Gasteiger partial charge in [0, 0.05) is 10.8 Å². The Morgan fingerprint density at radius 2 is 0.692 bits per heavy atom. The molecule has 0 aliphatic carbocycles. The quantitative estimate of drug-likeness (QED) is 0.128. The zero-order valence-corrected chi connectivity index (χ0v) is 35.5. The number of hydrogen-bond acceptors (Lipinski definition) is 1. The third-order valence-corrected chi connectivity index (χ3v) is 13.3.